The Hall–Kier alpha value is -0.850. The molecule has 0 spiro atoms. The first kappa shape index (κ1) is 13.6. The van der Waals surface area contributed by atoms with E-state index in [0.717, 1.165) is 28.6 Å². The van der Waals surface area contributed by atoms with Crippen molar-refractivity contribution in [2.24, 2.45) is 0 Å². The minimum Gasteiger partial charge on any atom is -0.375 e. The van der Waals surface area contributed by atoms with Gasteiger partial charge in [-0.15, -0.1) is 0 Å². The average Bonchev–Trinajstić information content (AvgIpc) is 3.13. The topological polar surface area (TPSA) is 32.3 Å². The number of hydrogen-bond donors (Lipinski definition) is 1. The third-order valence-electron chi connectivity index (χ3n) is 3.01. The first-order valence-electron chi connectivity index (χ1n) is 6.10. The summed E-state index contributed by atoms with van der Waals surface area (Å²) in [5.41, 5.74) is 0.803. The standard InChI is InChI=1S/C13H16FIN2O/c1-2-17(10-4-5-10)13(18)8-16-12-6-3-9(14)7-11(12)15/h3,6-7,10,16H,2,4-5,8H2,1H3. The van der Waals surface area contributed by atoms with Crippen LogP contribution < -0.4 is 5.32 Å². The summed E-state index contributed by atoms with van der Waals surface area (Å²) < 4.78 is 13.7. The number of anilines is 1. The molecule has 0 aromatic heterocycles. The van der Waals surface area contributed by atoms with Crippen molar-refractivity contribution in [2.75, 3.05) is 18.4 Å². The summed E-state index contributed by atoms with van der Waals surface area (Å²) in [5, 5.41) is 3.07. The highest BCUT2D eigenvalue weighted by molar-refractivity contribution is 14.1. The zero-order valence-electron chi connectivity index (χ0n) is 10.2. The molecule has 5 heteroatoms. The van der Waals surface area contributed by atoms with Crippen LogP contribution in [0.2, 0.25) is 0 Å². The quantitative estimate of drug-likeness (QED) is 0.818. The molecular formula is C13H16FIN2O. The van der Waals surface area contributed by atoms with Gasteiger partial charge in [0.15, 0.2) is 0 Å². The molecule has 1 fully saturated rings. The third kappa shape index (κ3) is 3.34. The summed E-state index contributed by atoms with van der Waals surface area (Å²) in [6.45, 7) is 3.02. The zero-order chi connectivity index (χ0) is 13.1. The number of likely N-dealkylation sites (N-methyl/N-ethyl adjacent to an activating group) is 1. The Morgan fingerprint density at radius 2 is 2.28 bits per heavy atom. The Balaban J connectivity index is 1.92. The minimum absolute atomic E-state index is 0.111. The molecule has 1 N–H and O–H groups in total. The van der Waals surface area contributed by atoms with Crippen LogP contribution in [0.3, 0.4) is 0 Å². The molecule has 1 aromatic carbocycles. The average molecular weight is 362 g/mol. The molecule has 98 valence electrons. The van der Waals surface area contributed by atoms with Gasteiger partial charge in [0.25, 0.3) is 0 Å². The van der Waals surface area contributed by atoms with Crippen LogP contribution in [0.25, 0.3) is 0 Å². The van der Waals surface area contributed by atoms with E-state index in [0.29, 0.717) is 6.04 Å². The van der Waals surface area contributed by atoms with E-state index in [1.54, 1.807) is 6.07 Å². The number of halogens is 2. The second kappa shape index (κ2) is 5.86. The van der Waals surface area contributed by atoms with Gasteiger partial charge in [-0.3, -0.25) is 4.79 Å². The fourth-order valence-electron chi connectivity index (χ4n) is 1.93. The van der Waals surface area contributed by atoms with Gasteiger partial charge in [0.1, 0.15) is 5.82 Å². The number of hydrogen-bond acceptors (Lipinski definition) is 2. The minimum atomic E-state index is -0.260. The van der Waals surface area contributed by atoms with Crippen molar-refractivity contribution >= 4 is 34.2 Å². The van der Waals surface area contributed by atoms with Gasteiger partial charge in [-0.1, -0.05) is 0 Å². The second-order valence-electron chi connectivity index (χ2n) is 4.39. The first-order valence-corrected chi connectivity index (χ1v) is 7.18. The number of carbonyl (C=O) groups excluding carboxylic acids is 1. The van der Waals surface area contributed by atoms with Gasteiger partial charge in [0.05, 0.1) is 6.54 Å². The van der Waals surface area contributed by atoms with Crippen LogP contribution in [-0.2, 0) is 4.79 Å². The number of amides is 1. The Morgan fingerprint density at radius 3 is 2.83 bits per heavy atom. The van der Waals surface area contributed by atoms with Crippen molar-refractivity contribution in [3.8, 4) is 0 Å². The van der Waals surface area contributed by atoms with Crippen LogP contribution in [-0.4, -0.2) is 29.9 Å². The fraction of sp³-hybridized carbons (Fsp3) is 0.462. The van der Waals surface area contributed by atoms with Crippen molar-refractivity contribution in [3.63, 3.8) is 0 Å². The van der Waals surface area contributed by atoms with Crippen LogP contribution in [0.5, 0.6) is 0 Å². The molecule has 0 aliphatic heterocycles. The zero-order valence-corrected chi connectivity index (χ0v) is 12.4. The van der Waals surface area contributed by atoms with Gasteiger partial charge in [-0.25, -0.2) is 4.39 Å². The molecule has 1 saturated carbocycles. The predicted octanol–water partition coefficient (Wildman–Crippen LogP) is 2.85. The van der Waals surface area contributed by atoms with E-state index in [1.165, 1.54) is 12.1 Å². The molecule has 3 nitrogen and oxygen atoms in total. The monoisotopic (exact) mass is 362 g/mol. The number of nitrogens with zero attached hydrogens (tertiary/aromatic N) is 1. The fourth-order valence-corrected chi connectivity index (χ4v) is 2.60. The normalized spacial score (nSPS) is 14.4. The van der Waals surface area contributed by atoms with Crippen molar-refractivity contribution in [2.45, 2.75) is 25.8 Å². The van der Waals surface area contributed by atoms with E-state index in [9.17, 15) is 9.18 Å². The first-order chi connectivity index (χ1) is 8.61. The maximum Gasteiger partial charge on any atom is 0.242 e. The van der Waals surface area contributed by atoms with E-state index < -0.39 is 0 Å². The summed E-state index contributed by atoms with van der Waals surface area (Å²) in [6.07, 6.45) is 2.24. The molecule has 18 heavy (non-hydrogen) atoms. The highest BCUT2D eigenvalue weighted by Gasteiger charge is 2.30. The largest absolute Gasteiger partial charge is 0.375 e. The van der Waals surface area contributed by atoms with Crippen LogP contribution in [0.4, 0.5) is 10.1 Å². The SMILES string of the molecule is CCN(C(=O)CNc1ccc(F)cc1I)C1CC1. The smallest absolute Gasteiger partial charge is 0.242 e. The van der Waals surface area contributed by atoms with Crippen molar-refractivity contribution in [1.82, 2.24) is 4.90 Å². The summed E-state index contributed by atoms with van der Waals surface area (Å²) in [5.74, 6) is -0.149. The molecule has 0 radical (unpaired) electrons. The number of rotatable bonds is 5. The molecule has 2 rings (SSSR count). The third-order valence-corrected chi connectivity index (χ3v) is 3.90. The Morgan fingerprint density at radius 1 is 1.56 bits per heavy atom. The van der Waals surface area contributed by atoms with Gasteiger partial charge in [-0.2, -0.15) is 0 Å². The van der Waals surface area contributed by atoms with Crippen molar-refractivity contribution < 1.29 is 9.18 Å². The lowest BCUT2D eigenvalue weighted by atomic mass is 10.3. The number of nitrogens with one attached hydrogen (secondary N) is 1. The molecule has 1 aliphatic rings. The van der Waals surface area contributed by atoms with Crippen molar-refractivity contribution in [1.29, 1.82) is 0 Å². The van der Waals surface area contributed by atoms with Gasteiger partial charge in [0.2, 0.25) is 5.91 Å². The van der Waals surface area contributed by atoms with Gasteiger partial charge >= 0.3 is 0 Å². The Labute approximate surface area is 120 Å². The lowest BCUT2D eigenvalue weighted by Crippen LogP contribution is -2.37. The van der Waals surface area contributed by atoms with Gasteiger partial charge in [0, 0.05) is 21.8 Å². The molecule has 0 unspecified atom stereocenters. The van der Waals surface area contributed by atoms with Crippen LogP contribution in [0.15, 0.2) is 18.2 Å². The van der Waals surface area contributed by atoms with Crippen molar-refractivity contribution in [3.05, 3.63) is 27.6 Å². The van der Waals surface area contributed by atoms with E-state index in [1.807, 2.05) is 11.8 Å². The molecule has 0 saturated heterocycles. The Kier molecular flexibility index (Phi) is 4.42. The molecule has 0 atom stereocenters. The summed E-state index contributed by atoms with van der Waals surface area (Å²) in [4.78, 5) is 13.9. The number of carbonyl (C=O) groups is 1. The van der Waals surface area contributed by atoms with Crippen LogP contribution in [0, 0.1) is 9.39 Å². The van der Waals surface area contributed by atoms with Gasteiger partial charge < -0.3 is 10.2 Å². The van der Waals surface area contributed by atoms with E-state index in [2.05, 4.69) is 27.9 Å². The maximum absolute atomic E-state index is 12.9. The van der Waals surface area contributed by atoms with Gasteiger partial charge in [-0.05, 0) is 60.6 Å². The van der Waals surface area contributed by atoms with E-state index in [4.69, 9.17) is 0 Å². The second-order valence-corrected chi connectivity index (χ2v) is 5.55. The number of benzene rings is 1. The van der Waals surface area contributed by atoms with E-state index >= 15 is 0 Å². The highest BCUT2D eigenvalue weighted by Crippen LogP contribution is 2.26. The summed E-state index contributed by atoms with van der Waals surface area (Å²) in [6, 6.07) is 4.95. The molecule has 0 bridgehead atoms. The highest BCUT2D eigenvalue weighted by atomic mass is 127. The van der Waals surface area contributed by atoms with Crippen LogP contribution in [0.1, 0.15) is 19.8 Å². The van der Waals surface area contributed by atoms with Crippen LogP contribution >= 0.6 is 22.6 Å². The molecular weight excluding hydrogens is 346 g/mol. The molecule has 1 amide bonds. The molecule has 1 aromatic rings. The summed E-state index contributed by atoms with van der Waals surface area (Å²) in [7, 11) is 0. The lowest BCUT2D eigenvalue weighted by Gasteiger charge is -2.21. The maximum atomic E-state index is 12.9. The molecule has 1 aliphatic carbocycles. The summed E-state index contributed by atoms with van der Waals surface area (Å²) >= 11 is 2.06. The molecule has 0 heterocycles. The predicted molar refractivity (Wildman–Crippen MR) is 78.0 cm³/mol. The lowest BCUT2D eigenvalue weighted by molar-refractivity contribution is -0.129. The Bertz CT molecular complexity index is 449. The van der Waals surface area contributed by atoms with E-state index in [-0.39, 0.29) is 18.3 Å².